The molecule has 0 aromatic rings. The van der Waals surface area contributed by atoms with Gasteiger partial charge in [-0.15, -0.1) is 6.42 Å². The summed E-state index contributed by atoms with van der Waals surface area (Å²) in [6.07, 6.45) is 4.91. The molecule has 1 amide bonds. The summed E-state index contributed by atoms with van der Waals surface area (Å²) in [6, 6.07) is 0. The second-order valence-corrected chi connectivity index (χ2v) is 1.73. The minimum atomic E-state index is -0.695. The highest BCUT2D eigenvalue weighted by Crippen LogP contribution is 1.95. The first-order chi connectivity index (χ1) is 4.72. The zero-order valence-electron chi connectivity index (χ0n) is 5.63. The second kappa shape index (κ2) is 5.10. The molecule has 0 saturated carbocycles. The molecule has 56 valence electrons. The van der Waals surface area contributed by atoms with Gasteiger partial charge in [0.15, 0.2) is 0 Å². The number of amides is 1. The van der Waals surface area contributed by atoms with Crippen molar-refractivity contribution >= 4 is 17.0 Å². The first-order valence-corrected chi connectivity index (χ1v) is 3.13. The van der Waals surface area contributed by atoms with E-state index in [9.17, 15) is 4.79 Å². The van der Waals surface area contributed by atoms with Crippen LogP contribution in [0.25, 0.3) is 0 Å². The Morgan fingerprint density at radius 1 is 1.90 bits per heavy atom. The lowest BCUT2D eigenvalue weighted by Gasteiger charge is -2.13. The molecule has 0 atom stereocenters. The summed E-state index contributed by atoms with van der Waals surface area (Å²) in [4.78, 5) is 15.1. The first-order valence-electron chi connectivity index (χ1n) is 2.75. The molecule has 0 aliphatic carbocycles. The molecule has 0 aromatic carbocycles. The summed E-state index contributed by atoms with van der Waals surface area (Å²) in [6.45, 7) is 2.19. The molecule has 0 bridgehead atoms. The molecule has 0 fully saturated rings. The van der Waals surface area contributed by atoms with Crippen molar-refractivity contribution in [2.75, 3.05) is 13.2 Å². The van der Waals surface area contributed by atoms with E-state index < -0.39 is 5.37 Å². The Kier molecular flexibility index (Phi) is 4.73. The van der Waals surface area contributed by atoms with Crippen LogP contribution in [0.2, 0.25) is 0 Å². The van der Waals surface area contributed by atoms with Crippen LogP contribution in [0.3, 0.4) is 0 Å². The van der Waals surface area contributed by atoms with E-state index in [0.717, 1.165) is 5.06 Å². The Hall–Kier alpha value is -0.720. The fourth-order valence-corrected chi connectivity index (χ4v) is 0.506. The van der Waals surface area contributed by atoms with Crippen LogP contribution < -0.4 is 0 Å². The minimum Gasteiger partial charge on any atom is -0.269 e. The topological polar surface area (TPSA) is 29.5 Å². The van der Waals surface area contributed by atoms with E-state index in [2.05, 4.69) is 5.92 Å². The fraction of sp³-hybridized carbons (Fsp3) is 0.500. The fourth-order valence-electron chi connectivity index (χ4n) is 0.397. The van der Waals surface area contributed by atoms with Gasteiger partial charge in [-0.3, -0.25) is 9.63 Å². The third kappa shape index (κ3) is 3.33. The molecular formula is C6H8ClNO2. The highest BCUT2D eigenvalue weighted by molar-refractivity contribution is 6.62. The number of hydrogen-bond donors (Lipinski definition) is 0. The van der Waals surface area contributed by atoms with Crippen LogP contribution in [0, 0.1) is 12.3 Å². The van der Waals surface area contributed by atoms with E-state index in [0.29, 0.717) is 6.61 Å². The maximum absolute atomic E-state index is 10.4. The first kappa shape index (κ1) is 9.28. The Morgan fingerprint density at radius 3 is 2.80 bits per heavy atom. The van der Waals surface area contributed by atoms with Crippen molar-refractivity contribution in [3.8, 4) is 12.3 Å². The van der Waals surface area contributed by atoms with Crippen LogP contribution in [-0.4, -0.2) is 23.6 Å². The van der Waals surface area contributed by atoms with Crippen LogP contribution >= 0.6 is 11.6 Å². The van der Waals surface area contributed by atoms with Crippen molar-refractivity contribution in [2.24, 2.45) is 0 Å². The average Bonchev–Trinajstić information content (AvgIpc) is 1.87. The van der Waals surface area contributed by atoms with E-state index in [1.54, 1.807) is 6.92 Å². The molecule has 0 unspecified atom stereocenters. The molecule has 4 heteroatoms. The van der Waals surface area contributed by atoms with Gasteiger partial charge in [-0.2, -0.15) is 5.06 Å². The number of halogens is 1. The van der Waals surface area contributed by atoms with E-state index >= 15 is 0 Å². The lowest BCUT2D eigenvalue weighted by Crippen LogP contribution is -2.26. The van der Waals surface area contributed by atoms with Crippen molar-refractivity contribution in [1.29, 1.82) is 0 Å². The Morgan fingerprint density at radius 2 is 2.50 bits per heavy atom. The van der Waals surface area contributed by atoms with Crippen molar-refractivity contribution in [2.45, 2.75) is 6.92 Å². The number of carbonyl (C=O) groups excluding carboxylic acids is 1. The molecule has 0 rings (SSSR count). The zero-order valence-corrected chi connectivity index (χ0v) is 6.39. The van der Waals surface area contributed by atoms with Crippen LogP contribution in [0.5, 0.6) is 0 Å². The number of terminal acetylenes is 1. The highest BCUT2D eigenvalue weighted by Gasteiger charge is 2.07. The number of rotatable bonds is 3. The number of nitrogens with zero attached hydrogens (tertiary/aromatic N) is 1. The molecule has 3 nitrogen and oxygen atoms in total. The maximum Gasteiger partial charge on any atom is 0.341 e. The van der Waals surface area contributed by atoms with Crippen molar-refractivity contribution < 1.29 is 9.63 Å². The average molecular weight is 162 g/mol. The number of hydrogen-bond acceptors (Lipinski definition) is 2. The van der Waals surface area contributed by atoms with E-state index in [4.69, 9.17) is 22.9 Å². The summed E-state index contributed by atoms with van der Waals surface area (Å²) in [5.74, 6) is 2.23. The molecule has 10 heavy (non-hydrogen) atoms. The zero-order chi connectivity index (χ0) is 7.98. The van der Waals surface area contributed by atoms with Crippen LogP contribution in [0.1, 0.15) is 6.92 Å². The van der Waals surface area contributed by atoms with Gasteiger partial charge in [0.1, 0.15) is 6.54 Å². The Bertz CT molecular complexity index is 152. The van der Waals surface area contributed by atoms with Gasteiger partial charge in [0.25, 0.3) is 0 Å². The van der Waals surface area contributed by atoms with E-state index in [1.807, 2.05) is 0 Å². The van der Waals surface area contributed by atoms with Gasteiger partial charge >= 0.3 is 5.37 Å². The molecular weight excluding hydrogens is 154 g/mol. The normalized spacial score (nSPS) is 8.50. The highest BCUT2D eigenvalue weighted by atomic mass is 35.5. The van der Waals surface area contributed by atoms with Crippen LogP contribution in [0.15, 0.2) is 0 Å². The summed E-state index contributed by atoms with van der Waals surface area (Å²) < 4.78 is 0. The van der Waals surface area contributed by atoms with Crippen LogP contribution in [0.4, 0.5) is 4.79 Å². The van der Waals surface area contributed by atoms with E-state index in [-0.39, 0.29) is 6.54 Å². The van der Waals surface area contributed by atoms with Crippen LogP contribution in [-0.2, 0) is 4.84 Å². The number of hydroxylamine groups is 2. The molecule has 0 spiro atoms. The smallest absolute Gasteiger partial charge is 0.269 e. The standard InChI is InChI=1S/C6H8ClNO2/c1-3-5-8(6(7)9)10-4-2/h1H,4-5H2,2H3. The summed E-state index contributed by atoms with van der Waals surface area (Å²) in [5.41, 5.74) is 0. The lowest BCUT2D eigenvalue weighted by molar-refractivity contribution is -0.0943. The van der Waals surface area contributed by atoms with Gasteiger partial charge in [-0.05, 0) is 18.5 Å². The summed E-state index contributed by atoms with van der Waals surface area (Å²) in [7, 11) is 0. The third-order valence-electron chi connectivity index (χ3n) is 0.716. The van der Waals surface area contributed by atoms with Gasteiger partial charge in [-0.25, -0.2) is 0 Å². The second-order valence-electron chi connectivity index (χ2n) is 1.41. The molecule has 0 aromatic heterocycles. The molecule has 0 radical (unpaired) electrons. The Balaban J connectivity index is 3.75. The van der Waals surface area contributed by atoms with Gasteiger partial charge in [0.05, 0.1) is 6.61 Å². The van der Waals surface area contributed by atoms with Gasteiger partial charge in [-0.1, -0.05) is 5.92 Å². The minimum absolute atomic E-state index is 0.0795. The molecule has 0 saturated heterocycles. The molecule has 0 N–H and O–H groups in total. The Labute approximate surface area is 64.9 Å². The van der Waals surface area contributed by atoms with Crippen molar-refractivity contribution in [1.82, 2.24) is 5.06 Å². The summed E-state index contributed by atoms with van der Waals surface area (Å²) in [5, 5.41) is 0.224. The largest absolute Gasteiger partial charge is 0.341 e. The third-order valence-corrected chi connectivity index (χ3v) is 0.904. The van der Waals surface area contributed by atoms with E-state index in [1.165, 1.54) is 0 Å². The quantitative estimate of drug-likeness (QED) is 0.270. The van der Waals surface area contributed by atoms with Gasteiger partial charge in [0.2, 0.25) is 0 Å². The number of carbonyl (C=O) groups is 1. The maximum atomic E-state index is 10.4. The lowest BCUT2D eigenvalue weighted by atomic mass is 10.7. The van der Waals surface area contributed by atoms with Gasteiger partial charge in [0, 0.05) is 0 Å². The monoisotopic (exact) mass is 161 g/mol. The summed E-state index contributed by atoms with van der Waals surface area (Å²) >= 11 is 5.07. The molecule has 0 aliphatic heterocycles. The SMILES string of the molecule is C#CCN(OCC)C(=O)Cl. The molecule has 0 aliphatic rings. The predicted molar refractivity (Wildman–Crippen MR) is 38.4 cm³/mol. The van der Waals surface area contributed by atoms with Gasteiger partial charge < -0.3 is 0 Å². The van der Waals surface area contributed by atoms with Crippen molar-refractivity contribution in [3.05, 3.63) is 0 Å². The molecule has 0 heterocycles. The van der Waals surface area contributed by atoms with Crippen molar-refractivity contribution in [3.63, 3.8) is 0 Å². The predicted octanol–water partition coefficient (Wildman–Crippen LogP) is 1.23.